The van der Waals surface area contributed by atoms with Gasteiger partial charge in [-0.1, -0.05) is 29.8 Å². The number of halogens is 1. The Morgan fingerprint density at radius 2 is 1.89 bits per heavy atom. The van der Waals surface area contributed by atoms with Gasteiger partial charge >= 0.3 is 0 Å². The van der Waals surface area contributed by atoms with E-state index in [1.807, 2.05) is 30.3 Å². The normalized spacial score (nSPS) is 18.2. The summed E-state index contributed by atoms with van der Waals surface area (Å²) in [5.41, 5.74) is 4.22. The number of aliphatic hydroxyl groups excluding tert-OH is 1. The van der Waals surface area contributed by atoms with E-state index in [0.29, 0.717) is 6.54 Å². The minimum absolute atomic E-state index is 0.0737. The zero-order valence-electron chi connectivity index (χ0n) is 16.1. The molecule has 28 heavy (non-hydrogen) atoms. The third-order valence-corrected chi connectivity index (χ3v) is 5.98. The topological polar surface area (TPSA) is 47.0 Å². The second-order valence-electron chi connectivity index (χ2n) is 7.59. The zero-order valence-corrected chi connectivity index (χ0v) is 16.9. The summed E-state index contributed by atoms with van der Waals surface area (Å²) in [6, 6.07) is 13.9. The summed E-state index contributed by atoms with van der Waals surface area (Å²) in [5.74, 6) is 0.0737. The van der Waals surface area contributed by atoms with Crippen LogP contribution < -0.4 is 9.80 Å². The van der Waals surface area contributed by atoms with Crippen LogP contribution in [0.15, 0.2) is 42.5 Å². The van der Waals surface area contributed by atoms with Gasteiger partial charge in [0.2, 0.25) is 5.91 Å². The number of fused-ring (bicyclic) bond motifs is 1. The van der Waals surface area contributed by atoms with Gasteiger partial charge in [-0.05, 0) is 41.8 Å². The van der Waals surface area contributed by atoms with Crippen molar-refractivity contribution in [2.24, 2.45) is 0 Å². The molecule has 0 aliphatic carbocycles. The lowest BCUT2D eigenvalue weighted by molar-refractivity contribution is -0.116. The third kappa shape index (κ3) is 4.02. The van der Waals surface area contributed by atoms with Crippen molar-refractivity contribution in [3.8, 4) is 0 Å². The molecule has 0 saturated carbocycles. The van der Waals surface area contributed by atoms with Gasteiger partial charge in [-0.15, -0.1) is 0 Å². The molecule has 2 aliphatic heterocycles. The number of rotatable bonds is 4. The SMILES string of the molecule is CC(=O)N1CCc2cc(C(O)CN3CCN(c4cccc(Cl)c4)CC3)ccc21. The maximum Gasteiger partial charge on any atom is 0.223 e. The summed E-state index contributed by atoms with van der Waals surface area (Å²) < 4.78 is 0. The number of carbonyl (C=O) groups is 1. The number of benzene rings is 2. The highest BCUT2D eigenvalue weighted by atomic mass is 35.5. The van der Waals surface area contributed by atoms with Crippen molar-refractivity contribution in [2.75, 3.05) is 49.1 Å². The van der Waals surface area contributed by atoms with Crippen LogP contribution in [-0.4, -0.2) is 55.2 Å². The Bertz CT molecular complexity index is 865. The number of hydrogen-bond acceptors (Lipinski definition) is 4. The van der Waals surface area contributed by atoms with Crippen LogP contribution in [0.2, 0.25) is 5.02 Å². The smallest absolute Gasteiger partial charge is 0.223 e. The highest BCUT2D eigenvalue weighted by Gasteiger charge is 2.24. The van der Waals surface area contributed by atoms with Crippen molar-refractivity contribution >= 4 is 28.9 Å². The van der Waals surface area contributed by atoms with Crippen LogP contribution in [0.4, 0.5) is 11.4 Å². The van der Waals surface area contributed by atoms with E-state index in [4.69, 9.17) is 11.6 Å². The molecule has 1 N–H and O–H groups in total. The Hall–Kier alpha value is -2.08. The second kappa shape index (κ2) is 8.11. The molecule has 1 atom stereocenters. The lowest BCUT2D eigenvalue weighted by atomic mass is 10.0. The van der Waals surface area contributed by atoms with E-state index in [2.05, 4.69) is 21.9 Å². The number of nitrogens with zero attached hydrogens (tertiary/aromatic N) is 3. The zero-order chi connectivity index (χ0) is 19.7. The first kappa shape index (κ1) is 19.2. The van der Waals surface area contributed by atoms with Gasteiger partial charge in [-0.25, -0.2) is 0 Å². The van der Waals surface area contributed by atoms with Gasteiger partial charge in [0.25, 0.3) is 0 Å². The van der Waals surface area contributed by atoms with Gasteiger partial charge in [0.1, 0.15) is 0 Å². The predicted molar refractivity (Wildman–Crippen MR) is 113 cm³/mol. The van der Waals surface area contributed by atoms with Crippen LogP contribution in [0.3, 0.4) is 0 Å². The Kier molecular flexibility index (Phi) is 5.58. The summed E-state index contributed by atoms with van der Waals surface area (Å²) in [6.45, 7) is 6.62. The summed E-state index contributed by atoms with van der Waals surface area (Å²) in [6.07, 6.45) is 0.336. The first-order valence-corrected chi connectivity index (χ1v) is 10.2. The molecule has 2 heterocycles. The van der Waals surface area contributed by atoms with E-state index in [0.717, 1.165) is 66.7 Å². The third-order valence-electron chi connectivity index (χ3n) is 5.74. The first-order valence-electron chi connectivity index (χ1n) is 9.83. The van der Waals surface area contributed by atoms with Gasteiger partial charge in [0, 0.05) is 62.6 Å². The largest absolute Gasteiger partial charge is 0.387 e. The minimum Gasteiger partial charge on any atom is -0.387 e. The van der Waals surface area contributed by atoms with E-state index in [1.165, 1.54) is 0 Å². The Labute approximate surface area is 171 Å². The second-order valence-corrected chi connectivity index (χ2v) is 8.03. The van der Waals surface area contributed by atoms with E-state index in [-0.39, 0.29) is 5.91 Å². The van der Waals surface area contributed by atoms with Gasteiger partial charge < -0.3 is 14.9 Å². The molecule has 1 amide bonds. The van der Waals surface area contributed by atoms with Gasteiger partial charge in [-0.2, -0.15) is 0 Å². The van der Waals surface area contributed by atoms with Crippen molar-refractivity contribution in [3.63, 3.8) is 0 Å². The minimum atomic E-state index is -0.519. The number of carbonyl (C=O) groups excluding carboxylic acids is 1. The van der Waals surface area contributed by atoms with Crippen molar-refractivity contribution < 1.29 is 9.90 Å². The number of aliphatic hydroxyl groups is 1. The van der Waals surface area contributed by atoms with Gasteiger partial charge in [-0.3, -0.25) is 9.69 Å². The average molecular weight is 400 g/mol. The van der Waals surface area contributed by atoms with Crippen LogP contribution in [0.5, 0.6) is 0 Å². The van der Waals surface area contributed by atoms with Crippen LogP contribution in [0.25, 0.3) is 0 Å². The highest BCUT2D eigenvalue weighted by Crippen LogP contribution is 2.31. The van der Waals surface area contributed by atoms with Crippen LogP contribution >= 0.6 is 11.6 Å². The average Bonchev–Trinajstić information content (AvgIpc) is 3.12. The fourth-order valence-corrected chi connectivity index (χ4v) is 4.35. The quantitative estimate of drug-likeness (QED) is 0.858. The lowest BCUT2D eigenvalue weighted by Gasteiger charge is -2.37. The molecule has 6 heteroatoms. The summed E-state index contributed by atoms with van der Waals surface area (Å²) in [5, 5.41) is 11.5. The molecule has 0 aromatic heterocycles. The molecular weight excluding hydrogens is 374 g/mol. The van der Waals surface area contributed by atoms with Crippen LogP contribution in [0.1, 0.15) is 24.2 Å². The van der Waals surface area contributed by atoms with E-state index in [9.17, 15) is 9.90 Å². The maximum atomic E-state index is 11.7. The molecule has 0 spiro atoms. The van der Waals surface area contributed by atoms with E-state index < -0.39 is 6.10 Å². The van der Waals surface area contributed by atoms with Crippen molar-refractivity contribution in [1.29, 1.82) is 0 Å². The standard InChI is InChI=1S/C22H26ClN3O2/c1-16(27)26-8-7-17-13-18(5-6-21(17)26)22(28)15-24-9-11-25(12-10-24)20-4-2-3-19(23)14-20/h2-6,13-14,22,28H,7-12,15H2,1H3. The molecule has 1 unspecified atom stereocenters. The molecule has 1 saturated heterocycles. The first-order chi connectivity index (χ1) is 13.5. The van der Waals surface area contributed by atoms with Crippen molar-refractivity contribution in [2.45, 2.75) is 19.4 Å². The molecule has 2 aromatic carbocycles. The lowest BCUT2D eigenvalue weighted by Crippen LogP contribution is -2.47. The fourth-order valence-electron chi connectivity index (χ4n) is 4.17. The van der Waals surface area contributed by atoms with Crippen molar-refractivity contribution in [1.82, 2.24) is 4.90 Å². The summed E-state index contributed by atoms with van der Waals surface area (Å²) >= 11 is 6.10. The maximum absolute atomic E-state index is 11.7. The monoisotopic (exact) mass is 399 g/mol. The van der Waals surface area contributed by atoms with Gasteiger partial charge in [0.05, 0.1) is 6.10 Å². The van der Waals surface area contributed by atoms with E-state index >= 15 is 0 Å². The number of hydrogen-bond donors (Lipinski definition) is 1. The molecule has 2 aromatic rings. The molecule has 0 bridgehead atoms. The molecule has 5 nitrogen and oxygen atoms in total. The summed E-state index contributed by atoms with van der Waals surface area (Å²) in [7, 11) is 0. The Balaban J connectivity index is 1.35. The Morgan fingerprint density at radius 1 is 1.11 bits per heavy atom. The number of piperazine rings is 1. The number of β-amino-alcohol motifs (C(OH)–C–C–N with tert-alkyl or cyclic N) is 1. The van der Waals surface area contributed by atoms with Crippen LogP contribution in [0, 0.1) is 0 Å². The fraction of sp³-hybridized carbons (Fsp3) is 0.409. The van der Waals surface area contributed by atoms with E-state index in [1.54, 1.807) is 11.8 Å². The van der Waals surface area contributed by atoms with Crippen LogP contribution in [-0.2, 0) is 11.2 Å². The molecular formula is C22H26ClN3O2. The molecule has 0 radical (unpaired) electrons. The predicted octanol–water partition coefficient (Wildman–Crippen LogP) is 3.10. The Morgan fingerprint density at radius 3 is 2.61 bits per heavy atom. The molecule has 148 valence electrons. The molecule has 1 fully saturated rings. The number of amides is 1. The van der Waals surface area contributed by atoms with Crippen molar-refractivity contribution in [3.05, 3.63) is 58.6 Å². The highest BCUT2D eigenvalue weighted by molar-refractivity contribution is 6.30. The molecule has 2 aliphatic rings. The summed E-state index contributed by atoms with van der Waals surface area (Å²) in [4.78, 5) is 18.1. The molecule has 4 rings (SSSR count). The number of anilines is 2. The van der Waals surface area contributed by atoms with Gasteiger partial charge in [0.15, 0.2) is 0 Å².